The topological polar surface area (TPSA) is 26.3 Å². The number of ether oxygens (including phenoxy) is 1. The van der Waals surface area contributed by atoms with E-state index in [1.807, 2.05) is 12.1 Å². The minimum Gasteiger partial charge on any atom is -0.462 e. The summed E-state index contributed by atoms with van der Waals surface area (Å²) >= 11 is 0. The zero-order valence-electron chi connectivity index (χ0n) is 15.3. The van der Waals surface area contributed by atoms with Crippen molar-refractivity contribution in [1.29, 1.82) is 0 Å². The van der Waals surface area contributed by atoms with Gasteiger partial charge in [0.2, 0.25) is 0 Å². The van der Waals surface area contributed by atoms with E-state index < -0.39 is 0 Å². The fourth-order valence-electron chi connectivity index (χ4n) is 2.52. The number of rotatable bonds is 6. The lowest BCUT2D eigenvalue weighted by Crippen LogP contribution is -2.04. The number of hydrogen-bond acceptors (Lipinski definition) is 2. The molecule has 0 atom stereocenters. The van der Waals surface area contributed by atoms with Crippen LogP contribution in [0.1, 0.15) is 60.7 Å². The molecular formula is C23H26O2. The predicted octanol–water partition coefficient (Wildman–Crippen LogP) is 5.24. The number of benzene rings is 2. The minimum absolute atomic E-state index is 0.296. The van der Waals surface area contributed by atoms with Crippen molar-refractivity contribution in [2.45, 2.75) is 40.0 Å². The van der Waals surface area contributed by atoms with Gasteiger partial charge in [-0.05, 0) is 67.6 Å². The van der Waals surface area contributed by atoms with E-state index in [9.17, 15) is 4.79 Å². The first-order valence-corrected chi connectivity index (χ1v) is 8.96. The summed E-state index contributed by atoms with van der Waals surface area (Å²) in [5.41, 5.74) is 3.80. The van der Waals surface area contributed by atoms with E-state index in [1.54, 1.807) is 19.1 Å². The average molecular weight is 334 g/mol. The Hall–Kier alpha value is -2.53. The van der Waals surface area contributed by atoms with Crippen molar-refractivity contribution in [2.24, 2.45) is 5.92 Å². The Balaban J connectivity index is 1.95. The Morgan fingerprint density at radius 2 is 1.52 bits per heavy atom. The third-order valence-electron chi connectivity index (χ3n) is 3.95. The molecule has 0 aliphatic rings. The second-order valence-electron chi connectivity index (χ2n) is 6.53. The van der Waals surface area contributed by atoms with Crippen LogP contribution < -0.4 is 0 Å². The molecule has 0 saturated carbocycles. The van der Waals surface area contributed by atoms with Gasteiger partial charge in [-0.2, -0.15) is 0 Å². The van der Waals surface area contributed by atoms with Gasteiger partial charge in [0.15, 0.2) is 0 Å². The molecule has 0 aliphatic heterocycles. The van der Waals surface area contributed by atoms with Crippen molar-refractivity contribution >= 4 is 5.97 Å². The van der Waals surface area contributed by atoms with Gasteiger partial charge in [0.25, 0.3) is 0 Å². The lowest BCUT2D eigenvalue weighted by atomic mass is 10.0. The van der Waals surface area contributed by atoms with Crippen LogP contribution >= 0.6 is 0 Å². The van der Waals surface area contributed by atoms with E-state index in [2.05, 4.69) is 50.0 Å². The van der Waals surface area contributed by atoms with Crippen LogP contribution in [0.2, 0.25) is 0 Å². The summed E-state index contributed by atoms with van der Waals surface area (Å²) in [6, 6.07) is 15.7. The van der Waals surface area contributed by atoms with E-state index in [0.717, 1.165) is 23.5 Å². The molecule has 2 aromatic rings. The Morgan fingerprint density at radius 1 is 0.960 bits per heavy atom. The maximum Gasteiger partial charge on any atom is 0.338 e. The predicted molar refractivity (Wildman–Crippen MR) is 103 cm³/mol. The summed E-state index contributed by atoms with van der Waals surface area (Å²) in [7, 11) is 0. The molecule has 2 nitrogen and oxygen atoms in total. The number of carbonyl (C=O) groups is 1. The number of aryl methyl sites for hydroxylation is 1. The van der Waals surface area contributed by atoms with E-state index in [1.165, 1.54) is 18.4 Å². The molecule has 0 spiro atoms. The molecule has 130 valence electrons. The Kier molecular flexibility index (Phi) is 7.29. The average Bonchev–Trinajstić information content (AvgIpc) is 2.61. The fourth-order valence-corrected chi connectivity index (χ4v) is 2.52. The first kappa shape index (κ1) is 18.8. The summed E-state index contributed by atoms with van der Waals surface area (Å²) < 4.78 is 4.97. The van der Waals surface area contributed by atoms with Crippen LogP contribution in [0.25, 0.3) is 0 Å². The molecule has 0 unspecified atom stereocenters. The summed E-state index contributed by atoms with van der Waals surface area (Å²) in [6.07, 6.45) is 3.63. The van der Waals surface area contributed by atoms with E-state index >= 15 is 0 Å². The van der Waals surface area contributed by atoms with Crippen molar-refractivity contribution < 1.29 is 9.53 Å². The van der Waals surface area contributed by atoms with Crippen LogP contribution in [0, 0.1) is 17.8 Å². The Bertz CT molecular complexity index is 728. The summed E-state index contributed by atoms with van der Waals surface area (Å²) in [4.78, 5) is 11.6. The quantitative estimate of drug-likeness (QED) is 0.533. The highest BCUT2D eigenvalue weighted by Crippen LogP contribution is 2.11. The van der Waals surface area contributed by atoms with E-state index in [0.29, 0.717) is 12.2 Å². The molecule has 2 heteroatoms. The van der Waals surface area contributed by atoms with E-state index in [4.69, 9.17) is 4.74 Å². The van der Waals surface area contributed by atoms with Gasteiger partial charge in [-0.15, -0.1) is 0 Å². The van der Waals surface area contributed by atoms with Crippen LogP contribution in [0.4, 0.5) is 0 Å². The molecule has 0 amide bonds. The first-order valence-electron chi connectivity index (χ1n) is 8.96. The van der Waals surface area contributed by atoms with Crippen molar-refractivity contribution in [3.05, 3.63) is 70.8 Å². The highest BCUT2D eigenvalue weighted by atomic mass is 16.5. The molecule has 25 heavy (non-hydrogen) atoms. The van der Waals surface area contributed by atoms with Crippen LogP contribution in [0.3, 0.4) is 0 Å². The zero-order valence-corrected chi connectivity index (χ0v) is 15.3. The van der Waals surface area contributed by atoms with Crippen LogP contribution in [-0.4, -0.2) is 12.6 Å². The monoisotopic (exact) mass is 334 g/mol. The van der Waals surface area contributed by atoms with Crippen LogP contribution in [0.15, 0.2) is 48.5 Å². The first-order chi connectivity index (χ1) is 12.1. The molecule has 0 radical (unpaired) electrons. The SMILES string of the molecule is CCOC(=O)c1ccc(C#Cc2ccc(CCCC(C)C)cc2)cc1. The smallest absolute Gasteiger partial charge is 0.338 e. The number of esters is 1. The molecule has 0 saturated heterocycles. The van der Waals surface area contributed by atoms with Crippen molar-refractivity contribution in [3.63, 3.8) is 0 Å². The van der Waals surface area contributed by atoms with Gasteiger partial charge < -0.3 is 4.74 Å². The van der Waals surface area contributed by atoms with Crippen LogP contribution in [0.5, 0.6) is 0 Å². The second kappa shape index (κ2) is 9.69. The maximum absolute atomic E-state index is 11.6. The third kappa shape index (κ3) is 6.47. The molecule has 0 heterocycles. The molecule has 0 fully saturated rings. The van der Waals surface area contributed by atoms with Gasteiger partial charge in [-0.3, -0.25) is 0 Å². The highest BCUT2D eigenvalue weighted by Gasteiger charge is 2.04. The number of carbonyl (C=O) groups excluding carboxylic acids is 1. The fraction of sp³-hybridized carbons (Fsp3) is 0.348. The summed E-state index contributed by atoms with van der Waals surface area (Å²) in [5.74, 6) is 6.77. The largest absolute Gasteiger partial charge is 0.462 e. The van der Waals surface area contributed by atoms with Gasteiger partial charge in [-0.1, -0.05) is 44.2 Å². The Morgan fingerprint density at radius 3 is 2.04 bits per heavy atom. The molecule has 2 rings (SSSR count). The normalized spacial score (nSPS) is 10.2. The minimum atomic E-state index is -0.296. The lowest BCUT2D eigenvalue weighted by molar-refractivity contribution is 0.0526. The summed E-state index contributed by atoms with van der Waals surface area (Å²) in [5, 5.41) is 0. The van der Waals surface area contributed by atoms with Gasteiger partial charge in [0.1, 0.15) is 0 Å². The molecule has 0 N–H and O–H groups in total. The van der Waals surface area contributed by atoms with Gasteiger partial charge in [0.05, 0.1) is 12.2 Å². The highest BCUT2D eigenvalue weighted by molar-refractivity contribution is 5.89. The number of hydrogen-bond donors (Lipinski definition) is 0. The van der Waals surface area contributed by atoms with E-state index in [-0.39, 0.29) is 5.97 Å². The van der Waals surface area contributed by atoms with Gasteiger partial charge in [-0.25, -0.2) is 4.79 Å². The van der Waals surface area contributed by atoms with Crippen LogP contribution in [-0.2, 0) is 11.2 Å². The van der Waals surface area contributed by atoms with Gasteiger partial charge in [0, 0.05) is 11.1 Å². The second-order valence-corrected chi connectivity index (χ2v) is 6.53. The van der Waals surface area contributed by atoms with Crippen molar-refractivity contribution in [2.75, 3.05) is 6.61 Å². The zero-order chi connectivity index (χ0) is 18.1. The molecule has 0 aromatic heterocycles. The Labute approximate surface area is 151 Å². The maximum atomic E-state index is 11.6. The molecule has 0 aliphatic carbocycles. The molecule has 2 aromatic carbocycles. The summed E-state index contributed by atoms with van der Waals surface area (Å²) in [6.45, 7) is 6.71. The van der Waals surface area contributed by atoms with Gasteiger partial charge >= 0.3 is 5.97 Å². The third-order valence-corrected chi connectivity index (χ3v) is 3.95. The molecular weight excluding hydrogens is 308 g/mol. The molecule has 0 bridgehead atoms. The standard InChI is InChI=1S/C23H26O2/c1-4-25-23(24)22-16-14-21(15-17-22)13-12-20-10-8-19(9-11-20)7-5-6-18(2)3/h8-11,14-18H,4-7H2,1-3H3. The lowest BCUT2D eigenvalue weighted by Gasteiger charge is -2.04. The van der Waals surface area contributed by atoms with Crippen molar-refractivity contribution in [3.8, 4) is 11.8 Å². The van der Waals surface area contributed by atoms with Crippen molar-refractivity contribution in [1.82, 2.24) is 0 Å².